The number of carboxylic acid groups (broad SMARTS) is 1. The Morgan fingerprint density at radius 2 is 1.94 bits per heavy atom. The Morgan fingerprint density at radius 1 is 1.33 bits per heavy atom. The number of ether oxygens (including phenoxy) is 1. The Labute approximate surface area is 107 Å². The fourth-order valence-corrected chi connectivity index (χ4v) is 2.35. The molecule has 1 aromatic carbocycles. The molecular weight excluding hydrogens is 230 g/mol. The predicted octanol–water partition coefficient (Wildman–Crippen LogP) is 2.39. The molecule has 1 heterocycles. The zero-order chi connectivity index (χ0) is 13.2. The summed E-state index contributed by atoms with van der Waals surface area (Å²) in [5.74, 6) is 0.151. The minimum absolute atomic E-state index is 0.585. The third kappa shape index (κ3) is 2.28. The van der Waals surface area contributed by atoms with Crippen LogP contribution in [0, 0.1) is 5.41 Å². The van der Waals surface area contributed by atoms with E-state index in [2.05, 4.69) is 4.90 Å². The van der Waals surface area contributed by atoms with Gasteiger partial charge in [-0.2, -0.15) is 0 Å². The molecule has 1 fully saturated rings. The Hall–Kier alpha value is -1.71. The van der Waals surface area contributed by atoms with Crippen LogP contribution in [0.15, 0.2) is 24.3 Å². The van der Waals surface area contributed by atoms with Crippen LogP contribution in [0.4, 0.5) is 5.69 Å². The van der Waals surface area contributed by atoms with Gasteiger partial charge in [0.1, 0.15) is 5.75 Å². The van der Waals surface area contributed by atoms with E-state index in [1.165, 1.54) is 0 Å². The Morgan fingerprint density at radius 3 is 2.50 bits per heavy atom. The maximum absolute atomic E-state index is 11.2. The molecule has 18 heavy (non-hydrogen) atoms. The third-order valence-corrected chi connectivity index (χ3v) is 3.81. The molecule has 0 bridgehead atoms. The number of carboxylic acids is 1. The molecule has 4 nitrogen and oxygen atoms in total. The summed E-state index contributed by atoms with van der Waals surface area (Å²) < 4.78 is 5.34. The van der Waals surface area contributed by atoms with Crippen molar-refractivity contribution >= 4 is 11.7 Å². The van der Waals surface area contributed by atoms with Crippen molar-refractivity contribution in [1.82, 2.24) is 0 Å². The summed E-state index contributed by atoms with van der Waals surface area (Å²) in [7, 11) is 1.66. The molecule has 0 amide bonds. The van der Waals surface area contributed by atoms with Gasteiger partial charge < -0.3 is 14.7 Å². The minimum Gasteiger partial charge on any atom is -0.495 e. The summed E-state index contributed by atoms with van der Waals surface area (Å²) in [5.41, 5.74) is 0.464. The highest BCUT2D eigenvalue weighted by molar-refractivity contribution is 5.74. The van der Waals surface area contributed by atoms with E-state index in [1.54, 1.807) is 7.11 Å². The van der Waals surface area contributed by atoms with E-state index in [9.17, 15) is 9.90 Å². The number of nitrogens with zero attached hydrogens (tertiary/aromatic N) is 1. The second-order valence-corrected chi connectivity index (χ2v) is 5.02. The van der Waals surface area contributed by atoms with Gasteiger partial charge in [-0.1, -0.05) is 12.1 Å². The van der Waals surface area contributed by atoms with Crippen molar-refractivity contribution in [2.75, 3.05) is 25.1 Å². The van der Waals surface area contributed by atoms with Crippen molar-refractivity contribution in [1.29, 1.82) is 0 Å². The first-order chi connectivity index (χ1) is 8.57. The number of hydrogen-bond donors (Lipinski definition) is 1. The van der Waals surface area contributed by atoms with Crippen LogP contribution in [0.5, 0.6) is 5.75 Å². The van der Waals surface area contributed by atoms with Gasteiger partial charge in [0.15, 0.2) is 0 Å². The molecule has 0 unspecified atom stereocenters. The van der Waals surface area contributed by atoms with Gasteiger partial charge in [-0.15, -0.1) is 0 Å². The summed E-state index contributed by atoms with van der Waals surface area (Å²) in [4.78, 5) is 13.4. The number of hydrogen-bond acceptors (Lipinski definition) is 3. The van der Waals surface area contributed by atoms with Gasteiger partial charge in [-0.25, -0.2) is 0 Å². The van der Waals surface area contributed by atoms with Crippen molar-refractivity contribution < 1.29 is 14.6 Å². The third-order valence-electron chi connectivity index (χ3n) is 3.81. The number of para-hydroxylation sites is 2. The Balaban J connectivity index is 2.12. The zero-order valence-electron chi connectivity index (χ0n) is 10.8. The van der Waals surface area contributed by atoms with Crippen LogP contribution in [0.2, 0.25) is 0 Å². The van der Waals surface area contributed by atoms with Crippen LogP contribution in [-0.4, -0.2) is 31.3 Å². The number of aliphatic carboxylic acids is 1. The van der Waals surface area contributed by atoms with Crippen molar-refractivity contribution in [2.24, 2.45) is 5.41 Å². The average molecular weight is 249 g/mol. The fourth-order valence-electron chi connectivity index (χ4n) is 2.35. The number of methoxy groups -OCH3 is 1. The number of anilines is 1. The molecule has 1 aliphatic heterocycles. The molecule has 4 heteroatoms. The van der Waals surface area contributed by atoms with Crippen LogP contribution >= 0.6 is 0 Å². The lowest BCUT2D eigenvalue weighted by atomic mass is 9.80. The maximum Gasteiger partial charge on any atom is 0.309 e. The van der Waals surface area contributed by atoms with E-state index in [-0.39, 0.29) is 0 Å². The van der Waals surface area contributed by atoms with E-state index < -0.39 is 11.4 Å². The van der Waals surface area contributed by atoms with Crippen LogP contribution < -0.4 is 9.64 Å². The molecule has 0 saturated carbocycles. The van der Waals surface area contributed by atoms with Gasteiger partial charge in [0.05, 0.1) is 18.2 Å². The second kappa shape index (κ2) is 4.88. The number of benzene rings is 1. The summed E-state index contributed by atoms with van der Waals surface area (Å²) in [6, 6.07) is 7.86. The topological polar surface area (TPSA) is 49.8 Å². The molecule has 1 N–H and O–H groups in total. The molecule has 1 aromatic rings. The lowest BCUT2D eigenvalue weighted by molar-refractivity contribution is -0.149. The first kappa shape index (κ1) is 12.7. The van der Waals surface area contributed by atoms with Crippen molar-refractivity contribution in [3.8, 4) is 5.75 Å². The van der Waals surface area contributed by atoms with E-state index in [1.807, 2.05) is 31.2 Å². The van der Waals surface area contributed by atoms with Crippen LogP contribution in [0.3, 0.4) is 0 Å². The van der Waals surface area contributed by atoms with Gasteiger partial charge in [0.2, 0.25) is 0 Å². The molecule has 2 rings (SSSR count). The fraction of sp³-hybridized carbons (Fsp3) is 0.500. The second-order valence-electron chi connectivity index (χ2n) is 5.02. The summed E-state index contributed by atoms with van der Waals surface area (Å²) in [5, 5.41) is 9.21. The van der Waals surface area contributed by atoms with E-state index >= 15 is 0 Å². The standard InChI is InChI=1S/C14H19NO3/c1-14(13(16)17)7-9-15(10-8-14)11-5-3-4-6-12(11)18-2/h3-6H,7-10H2,1-2H3,(H,16,17). The molecule has 0 aromatic heterocycles. The molecular formula is C14H19NO3. The highest BCUT2D eigenvalue weighted by Gasteiger charge is 2.37. The molecule has 0 atom stereocenters. The SMILES string of the molecule is COc1ccccc1N1CCC(C)(C(=O)O)CC1. The van der Waals surface area contributed by atoms with Gasteiger partial charge in [0, 0.05) is 13.1 Å². The number of carbonyl (C=O) groups is 1. The lowest BCUT2D eigenvalue weighted by Crippen LogP contribution is -2.42. The summed E-state index contributed by atoms with van der Waals surface area (Å²) >= 11 is 0. The van der Waals surface area contributed by atoms with Crippen molar-refractivity contribution in [3.05, 3.63) is 24.3 Å². The molecule has 1 saturated heterocycles. The molecule has 98 valence electrons. The Kier molecular flexibility index (Phi) is 3.45. The lowest BCUT2D eigenvalue weighted by Gasteiger charge is -2.38. The highest BCUT2D eigenvalue weighted by Crippen LogP contribution is 2.36. The molecule has 0 spiro atoms. The quantitative estimate of drug-likeness (QED) is 0.893. The van der Waals surface area contributed by atoms with E-state index in [0.717, 1.165) is 24.5 Å². The van der Waals surface area contributed by atoms with Crippen molar-refractivity contribution in [3.63, 3.8) is 0 Å². The minimum atomic E-state index is -0.692. The molecule has 0 aliphatic carbocycles. The smallest absolute Gasteiger partial charge is 0.309 e. The van der Waals surface area contributed by atoms with E-state index in [4.69, 9.17) is 4.74 Å². The van der Waals surface area contributed by atoms with Crippen LogP contribution in [-0.2, 0) is 4.79 Å². The highest BCUT2D eigenvalue weighted by atomic mass is 16.5. The average Bonchev–Trinajstić information content (AvgIpc) is 2.39. The maximum atomic E-state index is 11.2. The predicted molar refractivity (Wildman–Crippen MR) is 70.2 cm³/mol. The molecule has 0 radical (unpaired) electrons. The first-order valence-corrected chi connectivity index (χ1v) is 6.18. The Bertz CT molecular complexity index is 436. The van der Waals surface area contributed by atoms with Gasteiger partial charge >= 0.3 is 5.97 Å². The number of piperidine rings is 1. The normalized spacial score (nSPS) is 18.4. The largest absolute Gasteiger partial charge is 0.495 e. The molecule has 1 aliphatic rings. The zero-order valence-corrected chi connectivity index (χ0v) is 10.8. The monoisotopic (exact) mass is 249 g/mol. The summed E-state index contributed by atoms with van der Waals surface area (Å²) in [6.07, 6.45) is 1.33. The van der Waals surface area contributed by atoms with Gasteiger partial charge in [0.25, 0.3) is 0 Å². The van der Waals surface area contributed by atoms with Crippen LogP contribution in [0.1, 0.15) is 19.8 Å². The number of rotatable bonds is 3. The first-order valence-electron chi connectivity index (χ1n) is 6.18. The van der Waals surface area contributed by atoms with E-state index in [0.29, 0.717) is 12.8 Å². The van der Waals surface area contributed by atoms with Gasteiger partial charge in [-0.05, 0) is 31.9 Å². The van der Waals surface area contributed by atoms with Crippen LogP contribution in [0.25, 0.3) is 0 Å². The summed E-state index contributed by atoms with van der Waals surface area (Å²) in [6.45, 7) is 3.33. The van der Waals surface area contributed by atoms with Crippen molar-refractivity contribution in [2.45, 2.75) is 19.8 Å². The van der Waals surface area contributed by atoms with Gasteiger partial charge in [-0.3, -0.25) is 4.79 Å².